The summed E-state index contributed by atoms with van der Waals surface area (Å²) >= 11 is 0. The Morgan fingerprint density at radius 2 is 2.28 bits per heavy atom. The molecule has 1 amide bonds. The monoisotopic (exact) mass is 371 g/mol. The minimum Gasteiger partial charge on any atom is -0.383 e. The van der Waals surface area contributed by atoms with Crippen LogP contribution in [0.4, 0.5) is 0 Å². The molecule has 1 atom stereocenters. The Labute approximate surface area is 148 Å². The summed E-state index contributed by atoms with van der Waals surface area (Å²) < 4.78 is 37.0. The standard InChI is InChI=1S/C16H25N3O5S/c1-23-7-6-19-25(21,22)15-4-2-3-13(9-15)11-18-16(20)10-14-12-24-8-5-17-14/h2-4,9,14,17,19H,5-8,10-12H2,1H3,(H,18,20). The molecule has 1 saturated heterocycles. The fourth-order valence-corrected chi connectivity index (χ4v) is 3.51. The maximum absolute atomic E-state index is 12.2. The molecule has 0 aromatic heterocycles. The molecule has 0 radical (unpaired) electrons. The molecular formula is C16H25N3O5S. The Kier molecular flexibility index (Phi) is 7.79. The Balaban J connectivity index is 1.87. The van der Waals surface area contributed by atoms with Crippen LogP contribution in [-0.4, -0.2) is 60.4 Å². The molecule has 1 aliphatic rings. The zero-order valence-corrected chi connectivity index (χ0v) is 15.1. The van der Waals surface area contributed by atoms with E-state index in [1.54, 1.807) is 18.2 Å². The molecule has 8 nitrogen and oxygen atoms in total. The number of amides is 1. The lowest BCUT2D eigenvalue weighted by atomic mass is 10.2. The molecule has 140 valence electrons. The largest absolute Gasteiger partial charge is 0.383 e. The minimum atomic E-state index is -3.59. The van der Waals surface area contributed by atoms with Gasteiger partial charge in [0.15, 0.2) is 0 Å². The third-order valence-corrected chi connectivity index (χ3v) is 5.19. The van der Waals surface area contributed by atoms with E-state index in [9.17, 15) is 13.2 Å². The van der Waals surface area contributed by atoms with Crippen LogP contribution < -0.4 is 15.4 Å². The zero-order chi connectivity index (χ0) is 18.1. The van der Waals surface area contributed by atoms with Gasteiger partial charge in [-0.25, -0.2) is 13.1 Å². The van der Waals surface area contributed by atoms with Gasteiger partial charge in [-0.3, -0.25) is 4.79 Å². The summed E-state index contributed by atoms with van der Waals surface area (Å²) in [5, 5.41) is 6.03. The number of carbonyl (C=O) groups excluding carboxylic acids is 1. The van der Waals surface area contributed by atoms with Crippen LogP contribution in [0, 0.1) is 0 Å². The number of ether oxygens (including phenoxy) is 2. The molecule has 1 aromatic rings. The fraction of sp³-hybridized carbons (Fsp3) is 0.562. The van der Waals surface area contributed by atoms with Crippen LogP contribution in [0.2, 0.25) is 0 Å². The van der Waals surface area contributed by atoms with Gasteiger partial charge in [0, 0.05) is 39.2 Å². The van der Waals surface area contributed by atoms with Crippen molar-refractivity contribution in [2.24, 2.45) is 0 Å². The number of hydrogen-bond acceptors (Lipinski definition) is 6. The van der Waals surface area contributed by atoms with Crippen molar-refractivity contribution in [2.45, 2.75) is 23.9 Å². The predicted octanol–water partition coefficient (Wildman–Crippen LogP) is -0.394. The van der Waals surface area contributed by atoms with E-state index in [2.05, 4.69) is 15.4 Å². The van der Waals surface area contributed by atoms with Crippen molar-refractivity contribution < 1.29 is 22.7 Å². The number of nitrogens with one attached hydrogen (secondary N) is 3. The molecule has 1 fully saturated rings. The van der Waals surface area contributed by atoms with Gasteiger partial charge in [-0.15, -0.1) is 0 Å². The average Bonchev–Trinajstić information content (AvgIpc) is 2.61. The molecule has 1 heterocycles. The summed E-state index contributed by atoms with van der Waals surface area (Å²) in [5.74, 6) is -0.102. The molecule has 2 rings (SSSR count). The SMILES string of the molecule is COCCNS(=O)(=O)c1cccc(CNC(=O)CC2COCCN2)c1. The Morgan fingerprint density at radius 1 is 1.44 bits per heavy atom. The van der Waals surface area contributed by atoms with E-state index < -0.39 is 10.0 Å². The second-order valence-electron chi connectivity index (χ2n) is 5.74. The van der Waals surface area contributed by atoms with Gasteiger partial charge in [-0.1, -0.05) is 12.1 Å². The lowest BCUT2D eigenvalue weighted by Crippen LogP contribution is -2.44. The van der Waals surface area contributed by atoms with E-state index in [1.165, 1.54) is 13.2 Å². The van der Waals surface area contributed by atoms with Crippen molar-refractivity contribution in [1.82, 2.24) is 15.4 Å². The first-order chi connectivity index (χ1) is 12.0. The number of rotatable bonds is 9. The molecule has 0 bridgehead atoms. The normalized spacial score (nSPS) is 18.0. The number of methoxy groups -OCH3 is 1. The highest BCUT2D eigenvalue weighted by Gasteiger charge is 2.17. The van der Waals surface area contributed by atoms with Crippen molar-refractivity contribution >= 4 is 15.9 Å². The minimum absolute atomic E-state index is 0.0189. The maximum Gasteiger partial charge on any atom is 0.240 e. The highest BCUT2D eigenvalue weighted by Crippen LogP contribution is 2.11. The van der Waals surface area contributed by atoms with E-state index in [0.29, 0.717) is 26.2 Å². The quantitative estimate of drug-likeness (QED) is 0.511. The van der Waals surface area contributed by atoms with Crippen LogP contribution in [0.25, 0.3) is 0 Å². The summed E-state index contributed by atoms with van der Waals surface area (Å²) in [4.78, 5) is 12.2. The highest BCUT2D eigenvalue weighted by atomic mass is 32.2. The smallest absolute Gasteiger partial charge is 0.240 e. The van der Waals surface area contributed by atoms with Gasteiger partial charge in [-0.2, -0.15) is 0 Å². The lowest BCUT2D eigenvalue weighted by Gasteiger charge is -2.23. The summed E-state index contributed by atoms with van der Waals surface area (Å²) in [6, 6.07) is 6.52. The Morgan fingerprint density at radius 3 is 3.00 bits per heavy atom. The van der Waals surface area contributed by atoms with E-state index in [1.807, 2.05) is 0 Å². The van der Waals surface area contributed by atoms with Crippen LogP contribution in [0.15, 0.2) is 29.2 Å². The molecule has 1 aliphatic heterocycles. The van der Waals surface area contributed by atoms with Crippen molar-refractivity contribution in [3.63, 3.8) is 0 Å². The first-order valence-electron chi connectivity index (χ1n) is 8.16. The Hall–Kier alpha value is -1.52. The van der Waals surface area contributed by atoms with Gasteiger partial charge >= 0.3 is 0 Å². The van der Waals surface area contributed by atoms with E-state index in [-0.39, 0.29) is 29.9 Å². The highest BCUT2D eigenvalue weighted by molar-refractivity contribution is 7.89. The summed E-state index contributed by atoms with van der Waals surface area (Å²) in [5.41, 5.74) is 0.718. The van der Waals surface area contributed by atoms with Crippen molar-refractivity contribution in [3.8, 4) is 0 Å². The Bertz CT molecular complexity index is 659. The predicted molar refractivity (Wildman–Crippen MR) is 92.6 cm³/mol. The van der Waals surface area contributed by atoms with E-state index in [0.717, 1.165) is 12.1 Å². The van der Waals surface area contributed by atoms with Gasteiger partial charge in [0.2, 0.25) is 15.9 Å². The molecule has 0 spiro atoms. The molecule has 3 N–H and O–H groups in total. The summed E-state index contributed by atoms with van der Waals surface area (Å²) in [6.07, 6.45) is 0.330. The second kappa shape index (κ2) is 9.83. The molecular weight excluding hydrogens is 346 g/mol. The van der Waals surface area contributed by atoms with Crippen LogP contribution >= 0.6 is 0 Å². The average molecular weight is 371 g/mol. The van der Waals surface area contributed by atoms with Crippen LogP contribution in [0.5, 0.6) is 0 Å². The topological polar surface area (TPSA) is 106 Å². The van der Waals surface area contributed by atoms with Crippen molar-refractivity contribution in [1.29, 1.82) is 0 Å². The molecule has 25 heavy (non-hydrogen) atoms. The van der Waals surface area contributed by atoms with E-state index >= 15 is 0 Å². The number of hydrogen-bond donors (Lipinski definition) is 3. The van der Waals surface area contributed by atoms with Gasteiger partial charge in [-0.05, 0) is 17.7 Å². The third kappa shape index (κ3) is 6.71. The van der Waals surface area contributed by atoms with Gasteiger partial charge in [0.05, 0.1) is 24.7 Å². The number of benzene rings is 1. The number of sulfonamides is 1. The molecule has 0 saturated carbocycles. The maximum atomic E-state index is 12.2. The fourth-order valence-electron chi connectivity index (χ4n) is 2.43. The molecule has 1 unspecified atom stereocenters. The first kappa shape index (κ1) is 19.8. The van der Waals surface area contributed by atoms with Crippen LogP contribution in [-0.2, 0) is 30.8 Å². The zero-order valence-electron chi connectivity index (χ0n) is 14.3. The second-order valence-corrected chi connectivity index (χ2v) is 7.51. The first-order valence-corrected chi connectivity index (χ1v) is 9.65. The lowest BCUT2D eigenvalue weighted by molar-refractivity contribution is -0.122. The van der Waals surface area contributed by atoms with Crippen LogP contribution in [0.1, 0.15) is 12.0 Å². The van der Waals surface area contributed by atoms with Gasteiger partial charge < -0.3 is 20.1 Å². The third-order valence-electron chi connectivity index (χ3n) is 3.73. The van der Waals surface area contributed by atoms with Crippen LogP contribution in [0.3, 0.4) is 0 Å². The van der Waals surface area contributed by atoms with E-state index in [4.69, 9.17) is 9.47 Å². The summed E-state index contributed by atoms with van der Waals surface area (Å²) in [7, 11) is -2.08. The number of morpholine rings is 1. The van der Waals surface area contributed by atoms with Crippen molar-refractivity contribution in [3.05, 3.63) is 29.8 Å². The summed E-state index contributed by atoms with van der Waals surface area (Å²) in [6.45, 7) is 2.71. The van der Waals surface area contributed by atoms with Crippen molar-refractivity contribution in [2.75, 3.05) is 40.0 Å². The van der Waals surface area contributed by atoms with Gasteiger partial charge in [0.1, 0.15) is 0 Å². The molecule has 1 aromatic carbocycles. The number of carbonyl (C=O) groups is 1. The van der Waals surface area contributed by atoms with Gasteiger partial charge in [0.25, 0.3) is 0 Å². The molecule has 0 aliphatic carbocycles. The molecule has 9 heteroatoms.